The first-order valence-electron chi connectivity index (χ1n) is 6.83. The highest BCUT2D eigenvalue weighted by molar-refractivity contribution is 7.17. The van der Waals surface area contributed by atoms with Crippen molar-refractivity contribution < 1.29 is 0 Å². The minimum atomic E-state index is 0.340. The average molecular weight is 259 g/mol. The van der Waals surface area contributed by atoms with Gasteiger partial charge in [-0.1, -0.05) is 32.0 Å². The molecule has 0 unspecified atom stereocenters. The number of hydrogen-bond acceptors (Lipinski definition) is 2. The molecular formula is C16H21NS. The largest absolute Gasteiger partial charge is 0.313 e. The maximum atomic E-state index is 3.66. The lowest BCUT2D eigenvalue weighted by Gasteiger charge is -2.25. The Morgan fingerprint density at radius 1 is 1.28 bits per heavy atom. The summed E-state index contributed by atoms with van der Waals surface area (Å²) in [6.45, 7) is 5.87. The predicted molar refractivity (Wildman–Crippen MR) is 80.3 cm³/mol. The number of nitrogens with one attached hydrogen (secondary N) is 1. The van der Waals surface area contributed by atoms with Gasteiger partial charge in [0, 0.05) is 17.3 Å². The SMILES string of the molecule is CC(C)(CNC1CC1)Cc1csc2ccccc12. The lowest BCUT2D eigenvalue weighted by molar-refractivity contribution is 0.338. The third-order valence-corrected chi connectivity index (χ3v) is 4.69. The van der Waals surface area contributed by atoms with Gasteiger partial charge in [0.05, 0.1) is 0 Å². The molecule has 3 rings (SSSR count). The Kier molecular flexibility index (Phi) is 3.16. The van der Waals surface area contributed by atoms with E-state index in [9.17, 15) is 0 Å². The second kappa shape index (κ2) is 4.67. The first kappa shape index (κ1) is 12.2. The Morgan fingerprint density at radius 2 is 2.06 bits per heavy atom. The van der Waals surface area contributed by atoms with Gasteiger partial charge in [-0.15, -0.1) is 11.3 Å². The molecule has 1 aliphatic rings. The van der Waals surface area contributed by atoms with Crippen molar-refractivity contribution in [1.82, 2.24) is 5.32 Å². The Labute approximate surface area is 113 Å². The van der Waals surface area contributed by atoms with Crippen LogP contribution in [0.25, 0.3) is 10.1 Å². The highest BCUT2D eigenvalue weighted by atomic mass is 32.1. The van der Waals surface area contributed by atoms with Gasteiger partial charge >= 0.3 is 0 Å². The van der Waals surface area contributed by atoms with Crippen LogP contribution in [0.2, 0.25) is 0 Å². The summed E-state index contributed by atoms with van der Waals surface area (Å²) >= 11 is 1.87. The van der Waals surface area contributed by atoms with Crippen LogP contribution in [0, 0.1) is 5.41 Å². The van der Waals surface area contributed by atoms with Crippen LogP contribution in [0.1, 0.15) is 32.3 Å². The molecule has 0 amide bonds. The zero-order valence-electron chi connectivity index (χ0n) is 11.2. The number of benzene rings is 1. The Bertz CT molecular complexity index is 537. The van der Waals surface area contributed by atoms with Crippen LogP contribution in [0.5, 0.6) is 0 Å². The predicted octanol–water partition coefficient (Wildman–Crippen LogP) is 4.22. The van der Waals surface area contributed by atoms with Crippen LogP contribution in [0.3, 0.4) is 0 Å². The van der Waals surface area contributed by atoms with Gasteiger partial charge < -0.3 is 5.32 Å². The molecule has 0 spiro atoms. The first-order valence-corrected chi connectivity index (χ1v) is 7.70. The zero-order chi connectivity index (χ0) is 12.6. The molecule has 1 aromatic carbocycles. The summed E-state index contributed by atoms with van der Waals surface area (Å²) in [6, 6.07) is 9.56. The van der Waals surface area contributed by atoms with Gasteiger partial charge in [-0.2, -0.15) is 0 Å². The summed E-state index contributed by atoms with van der Waals surface area (Å²) in [5.41, 5.74) is 1.85. The molecule has 0 atom stereocenters. The number of thiophene rings is 1. The van der Waals surface area contributed by atoms with Gasteiger partial charge in [0.25, 0.3) is 0 Å². The fraction of sp³-hybridized carbons (Fsp3) is 0.500. The second-order valence-electron chi connectivity index (χ2n) is 6.25. The van der Waals surface area contributed by atoms with E-state index >= 15 is 0 Å². The van der Waals surface area contributed by atoms with Crippen LogP contribution in [0.4, 0.5) is 0 Å². The Morgan fingerprint density at radius 3 is 2.83 bits per heavy atom. The normalized spacial score (nSPS) is 16.3. The maximum Gasteiger partial charge on any atom is 0.0345 e. The van der Waals surface area contributed by atoms with E-state index in [1.807, 2.05) is 11.3 Å². The molecule has 1 nitrogen and oxygen atoms in total. The van der Waals surface area contributed by atoms with Crippen LogP contribution in [-0.2, 0) is 6.42 Å². The van der Waals surface area contributed by atoms with Crippen LogP contribution < -0.4 is 5.32 Å². The van der Waals surface area contributed by atoms with E-state index in [2.05, 4.69) is 48.8 Å². The van der Waals surface area contributed by atoms with E-state index in [1.54, 1.807) is 0 Å². The van der Waals surface area contributed by atoms with Crippen molar-refractivity contribution in [2.45, 2.75) is 39.2 Å². The minimum absolute atomic E-state index is 0.340. The molecule has 0 radical (unpaired) electrons. The van der Waals surface area contributed by atoms with Gasteiger partial charge in [-0.25, -0.2) is 0 Å². The molecule has 1 N–H and O–H groups in total. The average Bonchev–Trinajstić information content (AvgIpc) is 3.10. The van der Waals surface area contributed by atoms with Crippen molar-refractivity contribution in [2.75, 3.05) is 6.54 Å². The minimum Gasteiger partial charge on any atom is -0.313 e. The van der Waals surface area contributed by atoms with Crippen molar-refractivity contribution in [3.05, 3.63) is 35.2 Å². The summed E-state index contributed by atoms with van der Waals surface area (Å²) in [6.07, 6.45) is 3.91. The fourth-order valence-electron chi connectivity index (χ4n) is 2.46. The van der Waals surface area contributed by atoms with E-state index in [0.29, 0.717) is 5.41 Å². The molecule has 0 saturated heterocycles. The molecule has 96 valence electrons. The molecule has 18 heavy (non-hydrogen) atoms. The van der Waals surface area contributed by atoms with E-state index < -0.39 is 0 Å². The summed E-state index contributed by atoms with van der Waals surface area (Å²) in [5, 5.41) is 7.44. The third kappa shape index (κ3) is 2.76. The molecule has 1 fully saturated rings. The standard InChI is InChI=1S/C16H21NS/c1-16(2,11-17-13-7-8-13)9-12-10-18-15-6-4-3-5-14(12)15/h3-6,10,13,17H,7-9,11H2,1-2H3. The number of hydrogen-bond donors (Lipinski definition) is 1. The molecule has 2 aromatic rings. The van der Waals surface area contributed by atoms with Crippen molar-refractivity contribution in [2.24, 2.45) is 5.41 Å². The van der Waals surface area contributed by atoms with Crippen molar-refractivity contribution in [3.63, 3.8) is 0 Å². The quantitative estimate of drug-likeness (QED) is 0.847. The van der Waals surface area contributed by atoms with Crippen LogP contribution in [-0.4, -0.2) is 12.6 Å². The third-order valence-electron chi connectivity index (χ3n) is 3.68. The topological polar surface area (TPSA) is 12.0 Å². The van der Waals surface area contributed by atoms with Gasteiger partial charge in [0.15, 0.2) is 0 Å². The fourth-order valence-corrected chi connectivity index (χ4v) is 3.42. The monoisotopic (exact) mass is 259 g/mol. The smallest absolute Gasteiger partial charge is 0.0345 e. The summed E-state index contributed by atoms with van der Waals surface area (Å²) in [7, 11) is 0. The Balaban J connectivity index is 1.73. The van der Waals surface area contributed by atoms with E-state index in [-0.39, 0.29) is 0 Å². The van der Waals surface area contributed by atoms with E-state index in [0.717, 1.165) is 19.0 Å². The lowest BCUT2D eigenvalue weighted by Crippen LogP contribution is -2.32. The van der Waals surface area contributed by atoms with Crippen LogP contribution >= 0.6 is 11.3 Å². The number of fused-ring (bicyclic) bond motifs is 1. The molecule has 1 saturated carbocycles. The van der Waals surface area contributed by atoms with Gasteiger partial charge in [-0.05, 0) is 47.1 Å². The molecule has 0 bridgehead atoms. The highest BCUT2D eigenvalue weighted by Gasteiger charge is 2.26. The maximum absolute atomic E-state index is 3.66. The molecule has 1 aliphatic carbocycles. The van der Waals surface area contributed by atoms with Crippen LogP contribution in [0.15, 0.2) is 29.6 Å². The Hall–Kier alpha value is -0.860. The van der Waals surface area contributed by atoms with Gasteiger partial charge in [0.1, 0.15) is 0 Å². The second-order valence-corrected chi connectivity index (χ2v) is 7.16. The molecule has 1 aromatic heterocycles. The molecular weight excluding hydrogens is 238 g/mol. The first-order chi connectivity index (χ1) is 8.64. The molecule has 0 aliphatic heterocycles. The van der Waals surface area contributed by atoms with Crippen molar-refractivity contribution in [3.8, 4) is 0 Å². The summed E-state index contributed by atoms with van der Waals surface area (Å²) in [5.74, 6) is 0. The van der Waals surface area contributed by atoms with Crippen molar-refractivity contribution in [1.29, 1.82) is 0 Å². The lowest BCUT2D eigenvalue weighted by atomic mass is 9.85. The van der Waals surface area contributed by atoms with E-state index in [4.69, 9.17) is 0 Å². The molecule has 2 heteroatoms. The molecule has 1 heterocycles. The number of rotatable bonds is 5. The highest BCUT2D eigenvalue weighted by Crippen LogP contribution is 2.31. The zero-order valence-corrected chi connectivity index (χ0v) is 12.0. The van der Waals surface area contributed by atoms with E-state index in [1.165, 1.54) is 28.5 Å². The van der Waals surface area contributed by atoms with Crippen molar-refractivity contribution >= 4 is 21.4 Å². The van der Waals surface area contributed by atoms with Gasteiger partial charge in [-0.3, -0.25) is 0 Å². The van der Waals surface area contributed by atoms with Gasteiger partial charge in [0.2, 0.25) is 0 Å². The summed E-state index contributed by atoms with van der Waals surface area (Å²) < 4.78 is 1.42. The summed E-state index contributed by atoms with van der Waals surface area (Å²) in [4.78, 5) is 0.